The van der Waals surface area contributed by atoms with E-state index >= 15 is 0 Å². The molecule has 2 rings (SSSR count). The molecule has 19 heavy (non-hydrogen) atoms. The van der Waals surface area contributed by atoms with Crippen molar-refractivity contribution >= 4 is 26.7 Å². The highest BCUT2D eigenvalue weighted by Gasteiger charge is 2.22. The summed E-state index contributed by atoms with van der Waals surface area (Å²) in [6.07, 6.45) is 1.10. The van der Waals surface area contributed by atoms with Crippen molar-refractivity contribution in [2.75, 3.05) is 6.26 Å². The Morgan fingerprint density at radius 3 is 2.58 bits per heavy atom. The van der Waals surface area contributed by atoms with Crippen molar-refractivity contribution in [1.29, 1.82) is 0 Å². The van der Waals surface area contributed by atoms with E-state index < -0.39 is 21.8 Å². The van der Waals surface area contributed by atoms with Gasteiger partial charge in [-0.3, -0.25) is 4.79 Å². The van der Waals surface area contributed by atoms with Crippen LogP contribution in [0, 0.1) is 6.92 Å². The van der Waals surface area contributed by atoms with Gasteiger partial charge in [0.1, 0.15) is 6.04 Å². The van der Waals surface area contributed by atoms with Crippen LogP contribution in [0.4, 0.5) is 0 Å². The van der Waals surface area contributed by atoms with Crippen LogP contribution in [0.25, 0.3) is 10.9 Å². The Morgan fingerprint density at radius 2 is 2.05 bits per heavy atom. The number of nitrogens with two attached hydrogens (primary N) is 1. The van der Waals surface area contributed by atoms with Crippen LogP contribution < -0.4 is 5.73 Å². The summed E-state index contributed by atoms with van der Waals surface area (Å²) >= 11 is 0. The van der Waals surface area contributed by atoms with Crippen molar-refractivity contribution in [3.63, 3.8) is 0 Å². The zero-order valence-corrected chi connectivity index (χ0v) is 11.3. The van der Waals surface area contributed by atoms with Gasteiger partial charge < -0.3 is 15.8 Å². The summed E-state index contributed by atoms with van der Waals surface area (Å²) in [6.45, 7) is 1.71. The molecule has 0 bridgehead atoms. The molecule has 0 aliphatic carbocycles. The quantitative estimate of drug-likeness (QED) is 0.776. The predicted molar refractivity (Wildman–Crippen MR) is 70.7 cm³/mol. The SMILES string of the molecule is Cc1[nH]c2ccc(S(C)(=O)=O)cc2c1C(N)C(=O)O. The average Bonchev–Trinajstić information content (AvgIpc) is 2.61. The number of rotatable bonds is 3. The van der Waals surface area contributed by atoms with Gasteiger partial charge in [0.25, 0.3) is 0 Å². The van der Waals surface area contributed by atoms with Crippen LogP contribution in [0.3, 0.4) is 0 Å². The molecule has 102 valence electrons. The third-order valence-electron chi connectivity index (χ3n) is 3.01. The number of hydrogen-bond acceptors (Lipinski definition) is 4. The Bertz CT molecular complexity index is 761. The van der Waals surface area contributed by atoms with Gasteiger partial charge in [-0.25, -0.2) is 8.42 Å². The summed E-state index contributed by atoms with van der Waals surface area (Å²) in [5, 5.41) is 9.53. The van der Waals surface area contributed by atoms with Crippen LogP contribution in [0.15, 0.2) is 23.1 Å². The number of nitrogens with one attached hydrogen (secondary N) is 1. The molecular weight excluding hydrogens is 268 g/mol. The molecule has 0 amide bonds. The lowest BCUT2D eigenvalue weighted by Crippen LogP contribution is -2.21. The number of aliphatic carboxylic acids is 1. The summed E-state index contributed by atoms with van der Waals surface area (Å²) in [4.78, 5) is 14.2. The number of aromatic nitrogens is 1. The Hall–Kier alpha value is -1.86. The second kappa shape index (κ2) is 4.36. The van der Waals surface area contributed by atoms with E-state index in [1.54, 1.807) is 13.0 Å². The molecule has 1 atom stereocenters. The highest BCUT2D eigenvalue weighted by molar-refractivity contribution is 7.90. The van der Waals surface area contributed by atoms with Crippen molar-refractivity contribution in [3.05, 3.63) is 29.5 Å². The number of aromatic amines is 1. The minimum absolute atomic E-state index is 0.137. The molecule has 0 spiro atoms. The molecule has 6 nitrogen and oxygen atoms in total. The third kappa shape index (κ3) is 2.34. The van der Waals surface area contributed by atoms with Gasteiger partial charge in [0.2, 0.25) is 0 Å². The zero-order valence-electron chi connectivity index (χ0n) is 10.5. The van der Waals surface area contributed by atoms with E-state index in [-0.39, 0.29) is 4.90 Å². The molecule has 0 radical (unpaired) electrons. The smallest absolute Gasteiger partial charge is 0.325 e. The summed E-state index contributed by atoms with van der Waals surface area (Å²) in [7, 11) is -3.35. The number of sulfone groups is 1. The molecule has 1 aromatic carbocycles. The molecule has 0 fully saturated rings. The van der Waals surface area contributed by atoms with E-state index in [9.17, 15) is 13.2 Å². The standard InChI is InChI=1S/C12H14N2O4S/c1-6-10(11(13)12(15)16)8-5-7(19(2,17)18)3-4-9(8)14-6/h3-5,11,14H,13H2,1-2H3,(H,15,16). The van der Waals surface area contributed by atoms with Gasteiger partial charge in [0.05, 0.1) is 4.90 Å². The van der Waals surface area contributed by atoms with Crippen LogP contribution in [-0.2, 0) is 14.6 Å². The summed E-state index contributed by atoms with van der Waals surface area (Å²) < 4.78 is 23.1. The number of carboxylic acids is 1. The fourth-order valence-corrected chi connectivity index (χ4v) is 2.73. The Morgan fingerprint density at radius 1 is 1.42 bits per heavy atom. The van der Waals surface area contributed by atoms with Crippen molar-refractivity contribution in [2.24, 2.45) is 5.73 Å². The summed E-state index contributed by atoms with van der Waals surface area (Å²) in [5.41, 5.74) is 7.33. The fourth-order valence-electron chi connectivity index (χ4n) is 2.08. The first-order valence-corrected chi connectivity index (χ1v) is 7.41. The lowest BCUT2D eigenvalue weighted by molar-refractivity contribution is -0.138. The minimum atomic E-state index is -3.35. The number of hydrogen-bond donors (Lipinski definition) is 3. The molecule has 1 unspecified atom stereocenters. The lowest BCUT2D eigenvalue weighted by Gasteiger charge is -2.07. The molecule has 4 N–H and O–H groups in total. The minimum Gasteiger partial charge on any atom is -0.480 e. The molecule has 7 heteroatoms. The predicted octanol–water partition coefficient (Wildman–Crippen LogP) is 0.964. The van der Waals surface area contributed by atoms with Gasteiger partial charge in [0, 0.05) is 28.4 Å². The fraction of sp³-hybridized carbons (Fsp3) is 0.250. The first-order valence-electron chi connectivity index (χ1n) is 5.52. The highest BCUT2D eigenvalue weighted by Crippen LogP contribution is 2.29. The van der Waals surface area contributed by atoms with Crippen molar-refractivity contribution in [3.8, 4) is 0 Å². The topological polar surface area (TPSA) is 113 Å². The molecule has 0 saturated carbocycles. The van der Waals surface area contributed by atoms with E-state index in [0.717, 1.165) is 6.26 Å². The lowest BCUT2D eigenvalue weighted by atomic mass is 10.0. The second-order valence-electron chi connectivity index (χ2n) is 4.46. The zero-order chi connectivity index (χ0) is 14.4. The number of carbonyl (C=O) groups is 1. The molecule has 1 heterocycles. The van der Waals surface area contributed by atoms with E-state index in [1.165, 1.54) is 12.1 Å². The van der Waals surface area contributed by atoms with Crippen LogP contribution in [0.2, 0.25) is 0 Å². The Kier molecular flexibility index (Phi) is 3.11. The van der Waals surface area contributed by atoms with Crippen LogP contribution in [-0.4, -0.2) is 30.7 Å². The number of H-pyrrole nitrogens is 1. The maximum absolute atomic E-state index is 11.5. The highest BCUT2D eigenvalue weighted by atomic mass is 32.2. The van der Waals surface area contributed by atoms with Gasteiger partial charge in [-0.05, 0) is 25.1 Å². The van der Waals surface area contributed by atoms with E-state index in [1.807, 2.05) is 0 Å². The van der Waals surface area contributed by atoms with Gasteiger partial charge >= 0.3 is 5.97 Å². The number of carboxylic acid groups (broad SMARTS) is 1. The third-order valence-corrected chi connectivity index (χ3v) is 4.12. The first kappa shape index (κ1) is 13.6. The molecule has 0 aliphatic heterocycles. The van der Waals surface area contributed by atoms with Crippen molar-refractivity contribution in [1.82, 2.24) is 4.98 Å². The van der Waals surface area contributed by atoms with Gasteiger partial charge in [0.15, 0.2) is 9.84 Å². The molecule has 0 saturated heterocycles. The van der Waals surface area contributed by atoms with Gasteiger partial charge in [-0.2, -0.15) is 0 Å². The molecular formula is C12H14N2O4S. The summed E-state index contributed by atoms with van der Waals surface area (Å²) in [5.74, 6) is -1.16. The monoisotopic (exact) mass is 282 g/mol. The molecule has 1 aromatic heterocycles. The Labute approximate surface area is 110 Å². The second-order valence-corrected chi connectivity index (χ2v) is 6.47. The largest absolute Gasteiger partial charge is 0.480 e. The maximum Gasteiger partial charge on any atom is 0.325 e. The van der Waals surface area contributed by atoms with Crippen LogP contribution in [0.5, 0.6) is 0 Å². The van der Waals surface area contributed by atoms with E-state index in [0.29, 0.717) is 22.2 Å². The molecule has 2 aromatic rings. The summed E-state index contributed by atoms with van der Waals surface area (Å²) in [6, 6.07) is 3.34. The molecule has 0 aliphatic rings. The van der Waals surface area contributed by atoms with Crippen LogP contribution in [0.1, 0.15) is 17.3 Å². The van der Waals surface area contributed by atoms with Gasteiger partial charge in [-0.1, -0.05) is 0 Å². The van der Waals surface area contributed by atoms with E-state index in [2.05, 4.69) is 4.98 Å². The van der Waals surface area contributed by atoms with E-state index in [4.69, 9.17) is 10.8 Å². The average molecular weight is 282 g/mol. The number of aryl methyl sites for hydroxylation is 1. The van der Waals surface area contributed by atoms with Crippen molar-refractivity contribution in [2.45, 2.75) is 17.9 Å². The normalized spacial score (nSPS) is 13.6. The maximum atomic E-state index is 11.5. The van der Waals surface area contributed by atoms with Crippen LogP contribution >= 0.6 is 0 Å². The first-order chi connectivity index (χ1) is 8.71. The number of fused-ring (bicyclic) bond motifs is 1. The Balaban J connectivity index is 2.77. The van der Waals surface area contributed by atoms with Crippen molar-refractivity contribution < 1.29 is 18.3 Å². The van der Waals surface area contributed by atoms with Gasteiger partial charge in [-0.15, -0.1) is 0 Å². The number of benzene rings is 1.